The molecule has 0 aromatic heterocycles. The highest BCUT2D eigenvalue weighted by atomic mass is 32.2. The van der Waals surface area contributed by atoms with Crippen molar-refractivity contribution in [3.05, 3.63) is 47.5 Å². The number of carbonyl (C=O) groups is 1. The molecule has 0 atom stereocenters. The SMILES string of the molecule is CCOc1ccc(S(=O)(=O)N2CCC(C(=O)N3CCCc4c(C)ccc(OC)c43)CC2)cc1. The van der Waals surface area contributed by atoms with Crippen LogP contribution in [-0.4, -0.2) is 52.0 Å². The average Bonchev–Trinajstić information content (AvgIpc) is 2.84. The Labute approximate surface area is 196 Å². The van der Waals surface area contributed by atoms with Crippen molar-refractivity contribution < 1.29 is 22.7 Å². The van der Waals surface area contributed by atoms with E-state index >= 15 is 0 Å². The van der Waals surface area contributed by atoms with Crippen molar-refractivity contribution in [2.45, 2.75) is 44.4 Å². The van der Waals surface area contributed by atoms with Crippen LogP contribution in [0.25, 0.3) is 0 Å². The minimum atomic E-state index is -3.60. The zero-order valence-electron chi connectivity index (χ0n) is 19.5. The first-order valence-corrected chi connectivity index (χ1v) is 13.0. The number of piperidine rings is 1. The highest BCUT2D eigenvalue weighted by Crippen LogP contribution is 2.39. The second kappa shape index (κ2) is 9.73. The fraction of sp³-hybridized carbons (Fsp3) is 0.480. The molecule has 1 saturated heterocycles. The number of hydrogen-bond acceptors (Lipinski definition) is 5. The van der Waals surface area contributed by atoms with Crippen LogP contribution in [0, 0.1) is 12.8 Å². The number of anilines is 1. The predicted octanol–water partition coefficient (Wildman–Crippen LogP) is 3.78. The first-order valence-electron chi connectivity index (χ1n) is 11.6. The highest BCUT2D eigenvalue weighted by molar-refractivity contribution is 7.89. The Balaban J connectivity index is 1.47. The monoisotopic (exact) mass is 472 g/mol. The summed E-state index contributed by atoms with van der Waals surface area (Å²) in [4.78, 5) is 15.6. The van der Waals surface area contributed by atoms with Gasteiger partial charge >= 0.3 is 0 Å². The van der Waals surface area contributed by atoms with Crippen LogP contribution in [0.4, 0.5) is 5.69 Å². The number of methoxy groups -OCH3 is 1. The van der Waals surface area contributed by atoms with Crippen molar-refractivity contribution in [1.29, 1.82) is 0 Å². The molecule has 0 bridgehead atoms. The van der Waals surface area contributed by atoms with Crippen LogP contribution in [0.15, 0.2) is 41.3 Å². The van der Waals surface area contributed by atoms with Gasteiger partial charge in [-0.25, -0.2) is 8.42 Å². The van der Waals surface area contributed by atoms with Gasteiger partial charge < -0.3 is 14.4 Å². The Morgan fingerprint density at radius 2 is 1.76 bits per heavy atom. The number of fused-ring (bicyclic) bond motifs is 1. The summed E-state index contributed by atoms with van der Waals surface area (Å²) in [5.74, 6) is 1.23. The molecule has 0 unspecified atom stereocenters. The second-order valence-corrected chi connectivity index (χ2v) is 10.5. The third-order valence-corrected chi connectivity index (χ3v) is 8.53. The molecule has 2 aliphatic rings. The fourth-order valence-electron chi connectivity index (χ4n) is 4.83. The Kier molecular flexibility index (Phi) is 6.95. The summed E-state index contributed by atoms with van der Waals surface area (Å²) in [5.41, 5.74) is 3.22. The van der Waals surface area contributed by atoms with E-state index in [9.17, 15) is 13.2 Å². The second-order valence-electron chi connectivity index (χ2n) is 8.59. The van der Waals surface area contributed by atoms with Crippen LogP contribution in [0.5, 0.6) is 11.5 Å². The van der Waals surface area contributed by atoms with E-state index in [1.165, 1.54) is 15.4 Å². The molecule has 2 aliphatic heterocycles. The van der Waals surface area contributed by atoms with Crippen LogP contribution in [-0.2, 0) is 21.2 Å². The molecule has 2 aromatic rings. The Morgan fingerprint density at radius 1 is 1.06 bits per heavy atom. The lowest BCUT2D eigenvalue weighted by Crippen LogP contribution is -2.46. The first-order chi connectivity index (χ1) is 15.9. The van der Waals surface area contributed by atoms with Gasteiger partial charge in [-0.3, -0.25) is 4.79 Å². The standard InChI is InChI=1S/C25H32N2O5S/c1-4-32-20-8-10-21(11-9-20)33(29,30)26-16-13-19(14-17-26)25(28)27-15-5-6-22-18(2)7-12-23(31-3)24(22)27/h7-12,19H,4-6,13-17H2,1-3H3. The van der Waals surface area contributed by atoms with Gasteiger partial charge in [0.1, 0.15) is 11.5 Å². The topological polar surface area (TPSA) is 76.2 Å². The lowest BCUT2D eigenvalue weighted by atomic mass is 9.92. The van der Waals surface area contributed by atoms with Gasteiger partial charge in [0.25, 0.3) is 0 Å². The number of carbonyl (C=O) groups excluding carboxylic acids is 1. The summed E-state index contributed by atoms with van der Waals surface area (Å²) >= 11 is 0. The molecule has 33 heavy (non-hydrogen) atoms. The summed E-state index contributed by atoms with van der Waals surface area (Å²) in [5, 5.41) is 0. The van der Waals surface area contributed by atoms with Gasteiger partial charge in [-0.2, -0.15) is 4.31 Å². The van der Waals surface area contributed by atoms with E-state index in [1.807, 2.05) is 24.0 Å². The number of benzene rings is 2. The molecule has 178 valence electrons. The Bertz CT molecular complexity index is 1110. The van der Waals surface area contributed by atoms with Gasteiger partial charge in [0, 0.05) is 25.6 Å². The molecule has 0 radical (unpaired) electrons. The molecule has 4 rings (SSSR count). The summed E-state index contributed by atoms with van der Waals surface area (Å²) in [6.07, 6.45) is 2.86. The summed E-state index contributed by atoms with van der Waals surface area (Å²) in [6, 6.07) is 10.5. The first kappa shape index (κ1) is 23.6. The Hall–Kier alpha value is -2.58. The van der Waals surface area contributed by atoms with Crippen molar-refractivity contribution >= 4 is 21.6 Å². The molecule has 2 heterocycles. The van der Waals surface area contributed by atoms with E-state index in [0.29, 0.717) is 44.8 Å². The third-order valence-electron chi connectivity index (χ3n) is 6.62. The van der Waals surface area contributed by atoms with E-state index in [0.717, 1.165) is 24.3 Å². The average molecular weight is 473 g/mol. The van der Waals surface area contributed by atoms with Crippen molar-refractivity contribution in [2.75, 3.05) is 38.3 Å². The van der Waals surface area contributed by atoms with Crippen molar-refractivity contribution in [2.24, 2.45) is 5.92 Å². The fourth-order valence-corrected chi connectivity index (χ4v) is 6.29. The number of rotatable bonds is 6. The molecule has 0 N–H and O–H groups in total. The van der Waals surface area contributed by atoms with Gasteiger partial charge in [-0.1, -0.05) is 6.07 Å². The predicted molar refractivity (Wildman–Crippen MR) is 127 cm³/mol. The zero-order chi connectivity index (χ0) is 23.6. The zero-order valence-corrected chi connectivity index (χ0v) is 20.4. The van der Waals surface area contributed by atoms with E-state index in [1.54, 1.807) is 31.4 Å². The van der Waals surface area contributed by atoms with E-state index in [4.69, 9.17) is 9.47 Å². The third kappa shape index (κ3) is 4.59. The van der Waals surface area contributed by atoms with Gasteiger partial charge in [0.15, 0.2) is 0 Å². The van der Waals surface area contributed by atoms with Crippen LogP contribution < -0.4 is 14.4 Å². The smallest absolute Gasteiger partial charge is 0.243 e. The molecule has 0 aliphatic carbocycles. The van der Waals surface area contributed by atoms with Crippen LogP contribution in [0.2, 0.25) is 0 Å². The minimum Gasteiger partial charge on any atom is -0.495 e. The normalized spacial score (nSPS) is 17.5. The molecule has 8 heteroatoms. The summed E-state index contributed by atoms with van der Waals surface area (Å²) in [6.45, 7) is 5.80. The number of hydrogen-bond donors (Lipinski definition) is 0. The molecule has 7 nitrogen and oxygen atoms in total. The van der Waals surface area contributed by atoms with Crippen molar-refractivity contribution in [3.63, 3.8) is 0 Å². The van der Waals surface area contributed by atoms with Crippen molar-refractivity contribution in [3.8, 4) is 11.5 Å². The quantitative estimate of drug-likeness (QED) is 0.640. The highest BCUT2D eigenvalue weighted by Gasteiger charge is 2.36. The van der Waals surface area contributed by atoms with Crippen LogP contribution >= 0.6 is 0 Å². The number of aryl methyl sites for hydroxylation is 1. The van der Waals surface area contributed by atoms with Crippen LogP contribution in [0.3, 0.4) is 0 Å². The van der Waals surface area contributed by atoms with Gasteiger partial charge in [0.05, 0.1) is 24.3 Å². The number of ether oxygens (including phenoxy) is 2. The van der Waals surface area contributed by atoms with Crippen molar-refractivity contribution in [1.82, 2.24) is 4.31 Å². The number of amides is 1. The lowest BCUT2D eigenvalue weighted by molar-refractivity contribution is -0.123. The van der Waals surface area contributed by atoms with Crippen LogP contribution in [0.1, 0.15) is 37.3 Å². The maximum absolute atomic E-state index is 13.5. The molecule has 0 saturated carbocycles. The van der Waals surface area contributed by atoms with E-state index < -0.39 is 10.0 Å². The lowest BCUT2D eigenvalue weighted by Gasteiger charge is -2.37. The van der Waals surface area contributed by atoms with E-state index in [2.05, 4.69) is 6.92 Å². The summed E-state index contributed by atoms with van der Waals surface area (Å²) in [7, 11) is -1.97. The summed E-state index contributed by atoms with van der Waals surface area (Å²) < 4.78 is 38.7. The number of sulfonamides is 1. The maximum atomic E-state index is 13.5. The molecule has 0 spiro atoms. The molecular formula is C25H32N2O5S. The molecule has 2 aromatic carbocycles. The molecular weight excluding hydrogens is 440 g/mol. The molecule has 1 fully saturated rings. The minimum absolute atomic E-state index is 0.0676. The van der Waals surface area contributed by atoms with E-state index in [-0.39, 0.29) is 16.7 Å². The Morgan fingerprint density at radius 3 is 2.39 bits per heavy atom. The maximum Gasteiger partial charge on any atom is 0.243 e. The van der Waals surface area contributed by atoms with Gasteiger partial charge in [-0.05, 0) is 81.0 Å². The molecule has 1 amide bonds. The van der Waals surface area contributed by atoms with Gasteiger partial charge in [0.2, 0.25) is 15.9 Å². The number of nitrogens with zero attached hydrogens (tertiary/aromatic N) is 2. The van der Waals surface area contributed by atoms with Gasteiger partial charge in [-0.15, -0.1) is 0 Å². The largest absolute Gasteiger partial charge is 0.495 e.